The Morgan fingerprint density at radius 2 is 1.41 bits per heavy atom. The van der Waals surface area contributed by atoms with Crippen LogP contribution in [0, 0.1) is 0 Å². The van der Waals surface area contributed by atoms with Gasteiger partial charge in [0.25, 0.3) is 0 Å². The molecule has 150 valence electrons. The van der Waals surface area contributed by atoms with Crippen LogP contribution in [0.5, 0.6) is 11.5 Å². The first-order valence-electron chi connectivity index (χ1n) is 9.65. The van der Waals surface area contributed by atoms with E-state index in [-0.39, 0.29) is 17.2 Å². The van der Waals surface area contributed by atoms with Crippen LogP contribution in [0.15, 0.2) is 78.9 Å². The normalized spacial score (nSPS) is 11.2. The van der Waals surface area contributed by atoms with Crippen LogP contribution < -0.4 is 9.64 Å². The summed E-state index contributed by atoms with van der Waals surface area (Å²) in [6.45, 7) is 7.03. The Morgan fingerprint density at radius 1 is 0.862 bits per heavy atom. The molecule has 0 unspecified atom stereocenters. The van der Waals surface area contributed by atoms with E-state index in [0.717, 1.165) is 22.7 Å². The van der Waals surface area contributed by atoms with E-state index in [1.54, 1.807) is 4.90 Å². The minimum Gasteiger partial charge on any atom is -0.457 e. The number of hydrogen-bond donors (Lipinski definition) is 0. The molecular weight excluding hydrogens is 382 g/mol. The molecule has 0 bridgehead atoms. The summed E-state index contributed by atoms with van der Waals surface area (Å²) in [4.78, 5) is 14.1. The molecule has 0 saturated carbocycles. The number of carbonyl (C=O) groups excluding carboxylic acids is 1. The quantitative estimate of drug-likeness (QED) is 0.433. The van der Waals surface area contributed by atoms with E-state index >= 15 is 0 Å². The number of alkyl halides is 1. The number of benzene rings is 3. The van der Waals surface area contributed by atoms with Gasteiger partial charge in [0.05, 0.1) is 6.54 Å². The fourth-order valence-corrected chi connectivity index (χ4v) is 3.16. The van der Waals surface area contributed by atoms with Crippen molar-refractivity contribution in [2.24, 2.45) is 0 Å². The van der Waals surface area contributed by atoms with E-state index in [0.29, 0.717) is 6.54 Å². The molecule has 0 fully saturated rings. The summed E-state index contributed by atoms with van der Waals surface area (Å²) in [5.74, 6) is 1.30. The molecular formula is C25H26ClNO2. The van der Waals surface area contributed by atoms with Crippen LogP contribution in [0.3, 0.4) is 0 Å². The van der Waals surface area contributed by atoms with Crippen molar-refractivity contribution < 1.29 is 9.53 Å². The molecule has 0 spiro atoms. The van der Waals surface area contributed by atoms with Crippen molar-refractivity contribution >= 4 is 23.2 Å². The highest BCUT2D eigenvalue weighted by atomic mass is 35.5. The molecule has 3 aromatic carbocycles. The van der Waals surface area contributed by atoms with Crippen LogP contribution >= 0.6 is 11.6 Å². The van der Waals surface area contributed by atoms with Gasteiger partial charge < -0.3 is 9.64 Å². The summed E-state index contributed by atoms with van der Waals surface area (Å²) < 4.78 is 5.96. The predicted octanol–water partition coefficient (Wildman–Crippen LogP) is 6.55. The molecule has 0 radical (unpaired) electrons. The number of halogens is 1. The van der Waals surface area contributed by atoms with Gasteiger partial charge in [-0.05, 0) is 52.9 Å². The zero-order valence-corrected chi connectivity index (χ0v) is 17.8. The third-order valence-corrected chi connectivity index (χ3v) is 4.93. The van der Waals surface area contributed by atoms with Crippen molar-refractivity contribution in [3.63, 3.8) is 0 Å². The average molecular weight is 408 g/mol. The van der Waals surface area contributed by atoms with E-state index in [9.17, 15) is 4.79 Å². The average Bonchev–Trinajstić information content (AvgIpc) is 2.73. The van der Waals surface area contributed by atoms with Gasteiger partial charge in [0.1, 0.15) is 17.4 Å². The van der Waals surface area contributed by atoms with Crippen LogP contribution in [-0.2, 0) is 16.8 Å². The first-order valence-corrected chi connectivity index (χ1v) is 10.2. The van der Waals surface area contributed by atoms with Gasteiger partial charge >= 0.3 is 0 Å². The number of hydrogen-bond acceptors (Lipinski definition) is 2. The molecule has 4 heteroatoms. The lowest BCUT2D eigenvalue weighted by atomic mass is 9.87. The second kappa shape index (κ2) is 9.15. The molecule has 0 N–H and O–H groups in total. The maximum atomic E-state index is 12.4. The fourth-order valence-electron chi connectivity index (χ4n) is 3.01. The van der Waals surface area contributed by atoms with Crippen molar-refractivity contribution in [1.29, 1.82) is 0 Å². The Hall–Kier alpha value is -2.78. The minimum atomic E-state index is -0.137. The summed E-state index contributed by atoms with van der Waals surface area (Å²) in [7, 11) is 0. The molecule has 0 heterocycles. The van der Waals surface area contributed by atoms with Gasteiger partial charge in [-0.25, -0.2) is 0 Å². The molecule has 1 amide bonds. The molecule has 3 aromatic rings. The molecule has 0 atom stereocenters. The van der Waals surface area contributed by atoms with Crippen molar-refractivity contribution in [2.45, 2.75) is 32.7 Å². The second-order valence-corrected chi connectivity index (χ2v) is 8.24. The predicted molar refractivity (Wildman–Crippen MR) is 120 cm³/mol. The van der Waals surface area contributed by atoms with Gasteiger partial charge in [-0.15, -0.1) is 11.6 Å². The monoisotopic (exact) mass is 407 g/mol. The maximum absolute atomic E-state index is 12.4. The molecule has 3 nitrogen and oxygen atoms in total. The molecule has 0 saturated heterocycles. The number of nitrogens with zero attached hydrogens (tertiary/aromatic N) is 1. The van der Waals surface area contributed by atoms with Crippen molar-refractivity contribution in [3.8, 4) is 11.5 Å². The Kier molecular flexibility index (Phi) is 6.60. The summed E-state index contributed by atoms with van der Waals surface area (Å²) in [6, 6.07) is 25.5. The van der Waals surface area contributed by atoms with Gasteiger partial charge in [0.2, 0.25) is 5.91 Å². The zero-order valence-electron chi connectivity index (χ0n) is 17.1. The molecule has 0 aliphatic carbocycles. The highest BCUT2D eigenvalue weighted by Crippen LogP contribution is 2.28. The number of carbonyl (C=O) groups is 1. The lowest BCUT2D eigenvalue weighted by Gasteiger charge is -2.22. The standard InChI is InChI=1S/C25H26ClNO2/c1-25(2,3)20-9-13-22(14-10-20)29-23-15-11-21(12-16-23)27(24(28)17-26)18-19-7-5-4-6-8-19/h4-16H,17-18H2,1-3H3. The second-order valence-electron chi connectivity index (χ2n) is 7.97. The van der Waals surface area contributed by atoms with E-state index in [2.05, 4.69) is 32.9 Å². The zero-order chi connectivity index (χ0) is 20.9. The number of anilines is 1. The highest BCUT2D eigenvalue weighted by molar-refractivity contribution is 6.29. The van der Waals surface area contributed by atoms with Crippen molar-refractivity contribution in [3.05, 3.63) is 90.0 Å². The third-order valence-electron chi connectivity index (χ3n) is 4.70. The van der Waals surface area contributed by atoms with Gasteiger partial charge in [-0.1, -0.05) is 63.2 Å². The Morgan fingerprint density at radius 3 is 1.93 bits per heavy atom. The van der Waals surface area contributed by atoms with Gasteiger partial charge in [-0.2, -0.15) is 0 Å². The molecule has 0 aliphatic rings. The fraction of sp³-hybridized carbons (Fsp3) is 0.240. The smallest absolute Gasteiger partial charge is 0.242 e. The summed E-state index contributed by atoms with van der Waals surface area (Å²) in [5, 5.41) is 0. The van der Waals surface area contributed by atoms with Gasteiger partial charge in [0, 0.05) is 5.69 Å². The van der Waals surface area contributed by atoms with Crippen molar-refractivity contribution in [1.82, 2.24) is 0 Å². The van der Waals surface area contributed by atoms with Crippen LogP contribution in [-0.4, -0.2) is 11.8 Å². The first kappa shape index (κ1) is 20.9. The third kappa shape index (κ3) is 5.61. The molecule has 3 rings (SSSR count). The van der Waals surface area contributed by atoms with Crippen LogP contribution in [0.1, 0.15) is 31.9 Å². The maximum Gasteiger partial charge on any atom is 0.242 e. The molecule has 29 heavy (non-hydrogen) atoms. The summed E-state index contributed by atoms with van der Waals surface area (Å²) in [6.07, 6.45) is 0. The van der Waals surface area contributed by atoms with Crippen LogP contribution in [0.25, 0.3) is 0 Å². The Bertz CT molecular complexity index is 929. The van der Waals surface area contributed by atoms with E-state index < -0.39 is 0 Å². The lowest BCUT2D eigenvalue weighted by Crippen LogP contribution is -2.31. The largest absolute Gasteiger partial charge is 0.457 e. The van der Waals surface area contributed by atoms with Gasteiger partial charge in [0.15, 0.2) is 0 Å². The Labute approximate surface area is 177 Å². The van der Waals surface area contributed by atoms with Crippen LogP contribution in [0.4, 0.5) is 5.69 Å². The first-order chi connectivity index (χ1) is 13.9. The summed E-state index contributed by atoms with van der Waals surface area (Å²) >= 11 is 5.83. The van der Waals surface area contributed by atoms with Crippen LogP contribution in [0.2, 0.25) is 0 Å². The van der Waals surface area contributed by atoms with E-state index in [4.69, 9.17) is 16.3 Å². The molecule has 0 aromatic heterocycles. The van der Waals surface area contributed by atoms with Crippen molar-refractivity contribution in [2.75, 3.05) is 10.8 Å². The summed E-state index contributed by atoms with van der Waals surface area (Å²) in [5.41, 5.74) is 3.20. The van der Waals surface area contributed by atoms with E-state index in [1.165, 1.54) is 5.56 Å². The SMILES string of the molecule is CC(C)(C)c1ccc(Oc2ccc(N(Cc3ccccc3)C(=O)CCl)cc2)cc1. The lowest BCUT2D eigenvalue weighted by molar-refractivity contribution is -0.116. The van der Waals surface area contributed by atoms with Gasteiger partial charge in [-0.3, -0.25) is 4.79 Å². The Balaban J connectivity index is 1.74. The number of rotatable bonds is 6. The minimum absolute atomic E-state index is 0.0643. The molecule has 0 aliphatic heterocycles. The van der Waals surface area contributed by atoms with E-state index in [1.807, 2.05) is 66.7 Å². The topological polar surface area (TPSA) is 29.5 Å². The highest BCUT2D eigenvalue weighted by Gasteiger charge is 2.16. The number of ether oxygens (including phenoxy) is 1. The number of amides is 1.